The fraction of sp³-hybridized carbons (Fsp3) is 0.190. The minimum Gasteiger partial charge on any atom is -0.463 e. The van der Waals surface area contributed by atoms with Crippen LogP contribution in [-0.2, 0) is 14.3 Å². The van der Waals surface area contributed by atoms with Crippen LogP contribution in [0.3, 0.4) is 0 Å². The Morgan fingerprint density at radius 3 is 2.36 bits per heavy atom. The largest absolute Gasteiger partial charge is 0.463 e. The van der Waals surface area contributed by atoms with E-state index in [9.17, 15) is 9.59 Å². The normalized spacial score (nSPS) is 16.6. The molecule has 28 heavy (non-hydrogen) atoms. The molecule has 6 nitrogen and oxygen atoms in total. The lowest BCUT2D eigenvalue weighted by atomic mass is 9.84. The molecule has 2 aromatic rings. The third-order valence-electron chi connectivity index (χ3n) is 4.33. The molecule has 0 amide bonds. The van der Waals surface area contributed by atoms with Crippen molar-refractivity contribution in [2.75, 3.05) is 11.6 Å². The second-order valence-corrected chi connectivity index (χ2v) is 6.63. The number of hydrogen-bond acceptors (Lipinski definition) is 6. The van der Waals surface area contributed by atoms with Crippen molar-refractivity contribution >= 4 is 34.8 Å². The first-order valence-corrected chi connectivity index (χ1v) is 9.18. The van der Waals surface area contributed by atoms with Gasteiger partial charge in [0.15, 0.2) is 5.78 Å². The molecule has 2 aromatic carbocycles. The molecule has 0 aliphatic carbocycles. The standard InChI is InChI=1S/C21H20ClN3O3/c1-3-28-21(27)18-17(14-7-5-4-6-8-14)19(13(2)26)24-25(20(18)23)16-11-9-15(22)10-12-16/h4-12,17H,3,23H2,1-2H3. The highest BCUT2D eigenvalue weighted by Gasteiger charge is 2.38. The number of halogens is 1. The van der Waals surface area contributed by atoms with Gasteiger partial charge in [0.1, 0.15) is 11.5 Å². The Balaban J connectivity index is 2.21. The molecule has 0 saturated carbocycles. The highest BCUT2D eigenvalue weighted by molar-refractivity contribution is 6.43. The Morgan fingerprint density at radius 2 is 1.79 bits per heavy atom. The van der Waals surface area contributed by atoms with E-state index in [1.165, 1.54) is 11.9 Å². The molecule has 1 unspecified atom stereocenters. The fourth-order valence-electron chi connectivity index (χ4n) is 3.07. The summed E-state index contributed by atoms with van der Waals surface area (Å²) in [7, 11) is 0. The van der Waals surface area contributed by atoms with Crippen molar-refractivity contribution in [2.45, 2.75) is 19.8 Å². The van der Waals surface area contributed by atoms with Gasteiger partial charge in [-0.15, -0.1) is 0 Å². The van der Waals surface area contributed by atoms with Crippen LogP contribution in [0.25, 0.3) is 0 Å². The zero-order valence-electron chi connectivity index (χ0n) is 15.6. The lowest BCUT2D eigenvalue weighted by molar-refractivity contribution is -0.138. The van der Waals surface area contributed by atoms with Crippen LogP contribution in [0.4, 0.5) is 5.69 Å². The number of Topliss-reactive ketones (excluding diaryl/α,β-unsaturated/α-hetero) is 1. The summed E-state index contributed by atoms with van der Waals surface area (Å²) in [5, 5.41) is 6.40. The third-order valence-corrected chi connectivity index (χ3v) is 4.59. The average molecular weight is 398 g/mol. The van der Waals surface area contributed by atoms with Crippen LogP contribution in [-0.4, -0.2) is 24.1 Å². The molecule has 1 aliphatic heterocycles. The number of nitrogens with zero attached hydrogens (tertiary/aromatic N) is 2. The number of esters is 1. The van der Waals surface area contributed by atoms with E-state index in [4.69, 9.17) is 22.1 Å². The van der Waals surface area contributed by atoms with E-state index in [1.54, 1.807) is 31.2 Å². The van der Waals surface area contributed by atoms with E-state index in [0.717, 1.165) is 5.56 Å². The molecule has 0 radical (unpaired) electrons. The summed E-state index contributed by atoms with van der Waals surface area (Å²) in [6.45, 7) is 3.32. The Hall–Kier alpha value is -3.12. The molecule has 0 spiro atoms. The summed E-state index contributed by atoms with van der Waals surface area (Å²) in [5.41, 5.74) is 8.07. The molecule has 0 fully saturated rings. The van der Waals surface area contributed by atoms with Crippen LogP contribution >= 0.6 is 11.6 Å². The highest BCUT2D eigenvalue weighted by Crippen LogP contribution is 2.36. The maximum atomic E-state index is 12.8. The van der Waals surface area contributed by atoms with Crippen molar-refractivity contribution in [1.82, 2.24) is 0 Å². The maximum Gasteiger partial charge on any atom is 0.338 e. The molecule has 1 atom stereocenters. The molecule has 7 heteroatoms. The van der Waals surface area contributed by atoms with Crippen molar-refractivity contribution in [2.24, 2.45) is 10.8 Å². The van der Waals surface area contributed by atoms with E-state index in [1.807, 2.05) is 30.3 Å². The summed E-state index contributed by atoms with van der Waals surface area (Å²) < 4.78 is 5.24. The van der Waals surface area contributed by atoms with Gasteiger partial charge in [0, 0.05) is 11.9 Å². The van der Waals surface area contributed by atoms with Crippen molar-refractivity contribution in [3.63, 3.8) is 0 Å². The second-order valence-electron chi connectivity index (χ2n) is 6.19. The van der Waals surface area contributed by atoms with Crippen LogP contribution in [0.1, 0.15) is 25.3 Å². The second kappa shape index (κ2) is 8.27. The molecule has 1 aliphatic rings. The Kier molecular flexibility index (Phi) is 5.80. The molecule has 3 rings (SSSR count). The lowest BCUT2D eigenvalue weighted by Gasteiger charge is -2.32. The molecular weight excluding hydrogens is 378 g/mol. The van der Waals surface area contributed by atoms with Crippen LogP contribution in [0.2, 0.25) is 5.02 Å². The molecular formula is C21H20ClN3O3. The zero-order valence-corrected chi connectivity index (χ0v) is 16.3. The maximum absolute atomic E-state index is 12.8. The van der Waals surface area contributed by atoms with Crippen LogP contribution in [0.5, 0.6) is 0 Å². The van der Waals surface area contributed by atoms with Crippen molar-refractivity contribution < 1.29 is 14.3 Å². The first-order chi connectivity index (χ1) is 13.4. The number of ether oxygens (including phenoxy) is 1. The van der Waals surface area contributed by atoms with Gasteiger partial charge in [0.05, 0.1) is 23.8 Å². The van der Waals surface area contributed by atoms with Crippen LogP contribution < -0.4 is 10.7 Å². The van der Waals surface area contributed by atoms with Gasteiger partial charge >= 0.3 is 5.97 Å². The number of hydrogen-bond donors (Lipinski definition) is 1. The van der Waals surface area contributed by atoms with Gasteiger partial charge in [0.2, 0.25) is 0 Å². The minimum atomic E-state index is -0.707. The van der Waals surface area contributed by atoms with Crippen molar-refractivity contribution in [3.8, 4) is 0 Å². The number of rotatable bonds is 5. The zero-order chi connectivity index (χ0) is 20.3. The fourth-order valence-corrected chi connectivity index (χ4v) is 3.20. The number of ketones is 1. The lowest BCUT2D eigenvalue weighted by Crippen LogP contribution is -2.39. The average Bonchev–Trinajstić information content (AvgIpc) is 2.69. The number of carbonyl (C=O) groups is 2. The number of hydrazone groups is 1. The third kappa shape index (κ3) is 3.77. The number of benzene rings is 2. The number of carbonyl (C=O) groups excluding carboxylic acids is 2. The molecule has 1 heterocycles. The van der Waals surface area contributed by atoms with Gasteiger partial charge in [-0.1, -0.05) is 41.9 Å². The minimum absolute atomic E-state index is 0.111. The van der Waals surface area contributed by atoms with E-state index < -0.39 is 11.9 Å². The molecule has 2 N–H and O–H groups in total. The van der Waals surface area contributed by atoms with Gasteiger partial charge in [-0.3, -0.25) is 4.79 Å². The first kappa shape index (κ1) is 19.6. The smallest absolute Gasteiger partial charge is 0.338 e. The quantitative estimate of drug-likeness (QED) is 0.779. The molecule has 0 aromatic heterocycles. The molecule has 0 saturated heterocycles. The summed E-state index contributed by atoms with van der Waals surface area (Å²) >= 11 is 5.96. The van der Waals surface area contributed by atoms with Gasteiger partial charge < -0.3 is 10.5 Å². The van der Waals surface area contributed by atoms with Gasteiger partial charge in [0.25, 0.3) is 0 Å². The van der Waals surface area contributed by atoms with E-state index in [2.05, 4.69) is 5.10 Å². The summed E-state index contributed by atoms with van der Waals surface area (Å²) in [6, 6.07) is 16.0. The Bertz CT molecular complexity index is 953. The predicted octanol–water partition coefficient (Wildman–Crippen LogP) is 3.62. The van der Waals surface area contributed by atoms with Gasteiger partial charge in [-0.2, -0.15) is 5.10 Å². The monoisotopic (exact) mass is 397 g/mol. The van der Waals surface area contributed by atoms with Gasteiger partial charge in [-0.25, -0.2) is 9.80 Å². The topological polar surface area (TPSA) is 85.0 Å². The summed E-state index contributed by atoms with van der Waals surface area (Å²) in [6.07, 6.45) is 0. The highest BCUT2D eigenvalue weighted by atomic mass is 35.5. The number of nitrogens with two attached hydrogens (primary N) is 1. The summed E-state index contributed by atoms with van der Waals surface area (Å²) in [4.78, 5) is 25.3. The summed E-state index contributed by atoms with van der Waals surface area (Å²) in [5.74, 6) is -1.44. The van der Waals surface area contributed by atoms with Gasteiger partial charge in [-0.05, 0) is 36.8 Å². The molecule has 0 bridgehead atoms. The SMILES string of the molecule is CCOC(=O)C1=C(N)N(c2ccc(Cl)cc2)N=C(C(C)=O)C1c1ccccc1. The van der Waals surface area contributed by atoms with Crippen LogP contribution in [0, 0.1) is 0 Å². The Morgan fingerprint density at radius 1 is 1.14 bits per heavy atom. The van der Waals surface area contributed by atoms with E-state index >= 15 is 0 Å². The van der Waals surface area contributed by atoms with Crippen molar-refractivity contribution in [3.05, 3.63) is 76.6 Å². The van der Waals surface area contributed by atoms with E-state index in [0.29, 0.717) is 10.7 Å². The predicted molar refractivity (Wildman–Crippen MR) is 109 cm³/mol. The van der Waals surface area contributed by atoms with E-state index in [-0.39, 0.29) is 29.5 Å². The Labute approximate surface area is 168 Å². The number of anilines is 1. The van der Waals surface area contributed by atoms with Crippen LogP contribution in [0.15, 0.2) is 71.1 Å². The first-order valence-electron chi connectivity index (χ1n) is 8.80. The molecule has 144 valence electrons. The van der Waals surface area contributed by atoms with Crippen molar-refractivity contribution in [1.29, 1.82) is 0 Å².